The van der Waals surface area contributed by atoms with Crippen LogP contribution in [0.15, 0.2) is 28.9 Å². The lowest BCUT2D eigenvalue weighted by Gasteiger charge is -1.98. The van der Waals surface area contributed by atoms with E-state index in [4.69, 9.17) is 10.2 Å². The zero-order valence-corrected chi connectivity index (χ0v) is 9.04. The zero-order chi connectivity index (χ0) is 11.1. The van der Waals surface area contributed by atoms with Crippen molar-refractivity contribution in [1.82, 2.24) is 0 Å². The minimum Gasteiger partial charge on any atom is -0.464 e. The fourth-order valence-corrected chi connectivity index (χ4v) is 2.35. The Kier molecular flexibility index (Phi) is 2.19. The molecule has 15 heavy (non-hydrogen) atoms. The van der Waals surface area contributed by atoms with Crippen LogP contribution in [0.2, 0.25) is 0 Å². The average molecular weight is 225 g/mol. The molecule has 0 radical (unpaired) electrons. The van der Waals surface area contributed by atoms with Crippen LogP contribution in [0.25, 0.3) is 11.0 Å². The van der Waals surface area contributed by atoms with Crippen LogP contribution < -0.4 is 5.73 Å². The Morgan fingerprint density at radius 3 is 2.80 bits per heavy atom. The van der Waals surface area contributed by atoms with Crippen molar-refractivity contribution in [2.24, 2.45) is 0 Å². The second-order valence-corrected chi connectivity index (χ2v) is 5.69. The Morgan fingerprint density at radius 1 is 1.40 bits per heavy atom. The van der Waals surface area contributed by atoms with E-state index in [1.54, 1.807) is 18.2 Å². The molecule has 80 valence electrons. The normalized spacial score (nSPS) is 12.1. The lowest BCUT2D eigenvalue weighted by atomic mass is 10.1. The lowest BCUT2D eigenvalue weighted by molar-refractivity contribution is 0.596. The van der Waals surface area contributed by atoms with Crippen LogP contribution in [-0.2, 0) is 15.6 Å². The zero-order valence-electron chi connectivity index (χ0n) is 8.23. The van der Waals surface area contributed by atoms with Gasteiger partial charge in [0.1, 0.15) is 5.58 Å². The Balaban J connectivity index is 2.63. The molecule has 1 aromatic heterocycles. The average Bonchev–Trinajstić information content (AvgIpc) is 2.47. The van der Waals surface area contributed by atoms with Crippen LogP contribution in [0.1, 0.15) is 5.56 Å². The molecule has 0 saturated heterocycles. The van der Waals surface area contributed by atoms with Crippen molar-refractivity contribution in [2.75, 3.05) is 12.0 Å². The molecule has 1 aromatic carbocycles. The maximum absolute atomic E-state index is 11.2. The molecule has 0 atom stereocenters. The Morgan fingerprint density at radius 2 is 2.13 bits per heavy atom. The number of hydrogen-bond donors (Lipinski definition) is 1. The van der Waals surface area contributed by atoms with Crippen molar-refractivity contribution >= 4 is 26.5 Å². The first-order chi connectivity index (χ1) is 6.97. The molecule has 0 aliphatic rings. The SMILES string of the molecule is CS(=O)(=O)Cc1coc2cccc(N)c12. The van der Waals surface area contributed by atoms with E-state index in [0.717, 1.165) is 0 Å². The minimum absolute atomic E-state index is 0.0474. The largest absolute Gasteiger partial charge is 0.464 e. The predicted molar refractivity (Wildman–Crippen MR) is 59.2 cm³/mol. The van der Waals surface area contributed by atoms with Gasteiger partial charge in [-0.1, -0.05) is 6.07 Å². The molecular weight excluding hydrogens is 214 g/mol. The maximum Gasteiger partial charge on any atom is 0.151 e. The summed E-state index contributed by atoms with van der Waals surface area (Å²) in [5.41, 5.74) is 7.54. The Hall–Kier alpha value is -1.49. The minimum atomic E-state index is -3.07. The van der Waals surface area contributed by atoms with Crippen LogP contribution in [0.5, 0.6) is 0 Å². The Bertz CT molecular complexity index is 598. The molecule has 0 bridgehead atoms. The number of nitrogen functional groups attached to an aromatic ring is 1. The fourth-order valence-electron chi connectivity index (χ4n) is 1.57. The quantitative estimate of drug-likeness (QED) is 0.787. The summed E-state index contributed by atoms with van der Waals surface area (Å²) in [7, 11) is -3.07. The van der Waals surface area contributed by atoms with Crippen molar-refractivity contribution in [3.63, 3.8) is 0 Å². The molecule has 5 heteroatoms. The molecular formula is C10H11NO3S. The van der Waals surface area contributed by atoms with Crippen LogP contribution >= 0.6 is 0 Å². The van der Waals surface area contributed by atoms with Gasteiger partial charge in [0.2, 0.25) is 0 Å². The molecule has 1 heterocycles. The lowest BCUT2D eigenvalue weighted by Crippen LogP contribution is -2.00. The van der Waals surface area contributed by atoms with E-state index in [1.165, 1.54) is 12.5 Å². The van der Waals surface area contributed by atoms with Gasteiger partial charge in [0.05, 0.1) is 12.0 Å². The number of fused-ring (bicyclic) bond motifs is 1. The second kappa shape index (κ2) is 3.27. The van der Waals surface area contributed by atoms with Gasteiger partial charge in [0, 0.05) is 22.9 Å². The standard InChI is InChI=1S/C10H11NO3S/c1-15(12,13)6-7-5-14-9-4-2-3-8(11)10(7)9/h2-5H,6,11H2,1H3. The first kappa shape index (κ1) is 10.0. The summed E-state index contributed by atoms with van der Waals surface area (Å²) in [5, 5.41) is 0.697. The van der Waals surface area contributed by atoms with Crippen LogP contribution in [-0.4, -0.2) is 14.7 Å². The highest BCUT2D eigenvalue weighted by molar-refractivity contribution is 7.89. The molecule has 0 saturated carbocycles. The van der Waals surface area contributed by atoms with E-state index in [0.29, 0.717) is 22.2 Å². The van der Waals surface area contributed by atoms with Gasteiger partial charge in [0.25, 0.3) is 0 Å². The molecule has 0 aliphatic heterocycles. The van der Waals surface area contributed by atoms with Crippen LogP contribution in [0.4, 0.5) is 5.69 Å². The number of nitrogens with two attached hydrogens (primary N) is 1. The number of benzene rings is 1. The van der Waals surface area contributed by atoms with Gasteiger partial charge in [-0.25, -0.2) is 8.42 Å². The molecule has 2 aromatic rings. The second-order valence-electron chi connectivity index (χ2n) is 3.55. The van der Waals surface area contributed by atoms with Gasteiger partial charge < -0.3 is 10.2 Å². The van der Waals surface area contributed by atoms with E-state index in [1.807, 2.05) is 0 Å². The number of furan rings is 1. The molecule has 0 fully saturated rings. The third kappa shape index (κ3) is 1.97. The molecule has 2 rings (SSSR count). The summed E-state index contributed by atoms with van der Waals surface area (Å²) in [5.74, 6) is -0.0474. The number of hydrogen-bond acceptors (Lipinski definition) is 4. The number of anilines is 1. The predicted octanol–water partition coefficient (Wildman–Crippen LogP) is 1.56. The summed E-state index contributed by atoms with van der Waals surface area (Å²) in [6, 6.07) is 5.26. The van der Waals surface area contributed by atoms with E-state index in [9.17, 15) is 8.42 Å². The van der Waals surface area contributed by atoms with Gasteiger partial charge in [-0.15, -0.1) is 0 Å². The fraction of sp³-hybridized carbons (Fsp3) is 0.200. The maximum atomic E-state index is 11.2. The van der Waals surface area contributed by atoms with E-state index in [2.05, 4.69) is 0 Å². The molecule has 0 spiro atoms. The first-order valence-electron chi connectivity index (χ1n) is 4.40. The van der Waals surface area contributed by atoms with Crippen molar-refractivity contribution in [3.8, 4) is 0 Å². The molecule has 2 N–H and O–H groups in total. The third-order valence-corrected chi connectivity index (χ3v) is 2.96. The van der Waals surface area contributed by atoms with E-state index >= 15 is 0 Å². The third-order valence-electron chi connectivity index (χ3n) is 2.13. The van der Waals surface area contributed by atoms with E-state index in [-0.39, 0.29) is 5.75 Å². The summed E-state index contributed by atoms with van der Waals surface area (Å²) in [6.07, 6.45) is 2.63. The van der Waals surface area contributed by atoms with Crippen LogP contribution in [0, 0.1) is 0 Å². The molecule has 0 aliphatic carbocycles. The van der Waals surface area contributed by atoms with Crippen LogP contribution in [0.3, 0.4) is 0 Å². The van der Waals surface area contributed by atoms with Crippen molar-refractivity contribution in [2.45, 2.75) is 5.75 Å². The summed E-state index contributed by atoms with van der Waals surface area (Å²) >= 11 is 0. The van der Waals surface area contributed by atoms with Crippen molar-refractivity contribution in [3.05, 3.63) is 30.0 Å². The summed E-state index contributed by atoms with van der Waals surface area (Å²) in [4.78, 5) is 0. The van der Waals surface area contributed by atoms with Gasteiger partial charge in [0.15, 0.2) is 9.84 Å². The number of rotatable bonds is 2. The molecule has 0 unspecified atom stereocenters. The first-order valence-corrected chi connectivity index (χ1v) is 6.46. The van der Waals surface area contributed by atoms with Crippen molar-refractivity contribution < 1.29 is 12.8 Å². The molecule has 0 amide bonds. The highest BCUT2D eigenvalue weighted by atomic mass is 32.2. The van der Waals surface area contributed by atoms with Gasteiger partial charge in [-0.05, 0) is 12.1 Å². The smallest absolute Gasteiger partial charge is 0.151 e. The Labute approximate surface area is 87.6 Å². The number of sulfone groups is 1. The van der Waals surface area contributed by atoms with Gasteiger partial charge in [-0.2, -0.15) is 0 Å². The van der Waals surface area contributed by atoms with Gasteiger partial charge >= 0.3 is 0 Å². The topological polar surface area (TPSA) is 73.3 Å². The highest BCUT2D eigenvalue weighted by Gasteiger charge is 2.13. The highest BCUT2D eigenvalue weighted by Crippen LogP contribution is 2.27. The molecule has 4 nitrogen and oxygen atoms in total. The summed E-state index contributed by atoms with van der Waals surface area (Å²) < 4.78 is 27.6. The van der Waals surface area contributed by atoms with E-state index < -0.39 is 9.84 Å². The van der Waals surface area contributed by atoms with Crippen molar-refractivity contribution in [1.29, 1.82) is 0 Å². The monoisotopic (exact) mass is 225 g/mol. The van der Waals surface area contributed by atoms with Gasteiger partial charge in [-0.3, -0.25) is 0 Å². The summed E-state index contributed by atoms with van der Waals surface area (Å²) in [6.45, 7) is 0.